The van der Waals surface area contributed by atoms with Gasteiger partial charge in [-0.2, -0.15) is 0 Å². The zero-order valence-corrected chi connectivity index (χ0v) is 17.9. The van der Waals surface area contributed by atoms with E-state index in [1.165, 1.54) is 6.20 Å². The standard InChI is InChI=1S/C23H21FN6O2/c1-23(2,31)8-7-14-5-4-6-18-16(14)13-32-10-9-30(18)22-19-15(11-25-12-17(19)24)20-21(26-22)27-28-29(20)3/h4-6,11-12,31H,9-10,13H2,1-3H3. The van der Waals surface area contributed by atoms with Gasteiger partial charge in [0.05, 0.1) is 24.8 Å². The van der Waals surface area contributed by atoms with Crippen molar-refractivity contribution < 1.29 is 14.2 Å². The van der Waals surface area contributed by atoms with Crippen molar-refractivity contribution in [3.63, 3.8) is 0 Å². The maximum Gasteiger partial charge on any atom is 0.204 e. The summed E-state index contributed by atoms with van der Waals surface area (Å²) in [5, 5.41) is 19.2. The largest absolute Gasteiger partial charge is 0.378 e. The topological polar surface area (TPSA) is 89.2 Å². The Labute approximate surface area is 183 Å². The molecule has 1 aliphatic rings. The Kier molecular flexibility index (Phi) is 4.77. The smallest absolute Gasteiger partial charge is 0.204 e. The molecule has 0 spiro atoms. The summed E-state index contributed by atoms with van der Waals surface area (Å²) in [6.07, 6.45) is 2.79. The zero-order valence-electron chi connectivity index (χ0n) is 17.9. The van der Waals surface area contributed by atoms with Crippen LogP contribution in [-0.2, 0) is 18.4 Å². The number of hydrogen-bond acceptors (Lipinski definition) is 7. The average molecular weight is 432 g/mol. The van der Waals surface area contributed by atoms with Gasteiger partial charge in [-0.25, -0.2) is 14.1 Å². The summed E-state index contributed by atoms with van der Waals surface area (Å²) in [5.41, 5.74) is 2.31. The van der Waals surface area contributed by atoms with Gasteiger partial charge in [0.15, 0.2) is 5.82 Å². The maximum atomic E-state index is 15.1. The van der Waals surface area contributed by atoms with Crippen molar-refractivity contribution in [1.29, 1.82) is 0 Å². The fourth-order valence-electron chi connectivity index (χ4n) is 3.90. The summed E-state index contributed by atoms with van der Waals surface area (Å²) < 4.78 is 22.5. The van der Waals surface area contributed by atoms with Crippen molar-refractivity contribution >= 4 is 33.4 Å². The third-order valence-electron chi connectivity index (χ3n) is 5.31. The summed E-state index contributed by atoms with van der Waals surface area (Å²) in [6.45, 7) is 4.49. The molecule has 5 rings (SSSR count). The van der Waals surface area contributed by atoms with Gasteiger partial charge in [0, 0.05) is 42.0 Å². The number of aliphatic hydroxyl groups is 1. The van der Waals surface area contributed by atoms with Crippen LogP contribution in [0.1, 0.15) is 25.0 Å². The number of rotatable bonds is 1. The normalized spacial score (nSPS) is 14.2. The molecule has 8 nitrogen and oxygen atoms in total. The van der Waals surface area contributed by atoms with Gasteiger partial charge in [0.1, 0.15) is 16.9 Å². The molecular formula is C23H21FN6O2. The van der Waals surface area contributed by atoms with Crippen molar-refractivity contribution in [2.24, 2.45) is 7.05 Å². The monoisotopic (exact) mass is 432 g/mol. The molecule has 0 saturated carbocycles. The summed E-state index contributed by atoms with van der Waals surface area (Å²) in [5.74, 6) is 5.86. The zero-order chi connectivity index (χ0) is 22.5. The first-order valence-corrected chi connectivity index (χ1v) is 10.2. The quantitative estimate of drug-likeness (QED) is 0.463. The van der Waals surface area contributed by atoms with Crippen LogP contribution in [0.4, 0.5) is 15.9 Å². The van der Waals surface area contributed by atoms with Crippen LogP contribution in [-0.4, -0.2) is 48.8 Å². The molecule has 1 N–H and O–H groups in total. The van der Waals surface area contributed by atoms with E-state index < -0.39 is 11.4 Å². The van der Waals surface area contributed by atoms with Crippen LogP contribution in [0.15, 0.2) is 30.6 Å². The highest BCUT2D eigenvalue weighted by Gasteiger charge is 2.25. The second-order valence-electron chi connectivity index (χ2n) is 8.18. The highest BCUT2D eigenvalue weighted by Crippen LogP contribution is 2.38. The van der Waals surface area contributed by atoms with E-state index in [0.29, 0.717) is 47.5 Å². The highest BCUT2D eigenvalue weighted by atomic mass is 19.1. The predicted molar refractivity (Wildman–Crippen MR) is 118 cm³/mol. The molecule has 0 atom stereocenters. The van der Waals surface area contributed by atoms with Crippen LogP contribution in [0, 0.1) is 17.7 Å². The Bertz CT molecular complexity index is 1410. The van der Waals surface area contributed by atoms with Gasteiger partial charge in [-0.1, -0.05) is 23.1 Å². The second-order valence-corrected chi connectivity index (χ2v) is 8.18. The van der Waals surface area contributed by atoms with E-state index in [9.17, 15) is 5.11 Å². The Morgan fingerprint density at radius 1 is 1.25 bits per heavy atom. The van der Waals surface area contributed by atoms with Gasteiger partial charge in [-0.05, 0) is 26.0 Å². The molecule has 0 amide bonds. The molecule has 4 heterocycles. The summed E-state index contributed by atoms with van der Waals surface area (Å²) in [6, 6.07) is 5.70. The van der Waals surface area contributed by atoms with Gasteiger partial charge in [0.25, 0.3) is 0 Å². The molecule has 32 heavy (non-hydrogen) atoms. The Morgan fingerprint density at radius 2 is 2.09 bits per heavy atom. The molecule has 9 heteroatoms. The number of ether oxygens (including phenoxy) is 1. The van der Waals surface area contributed by atoms with E-state index in [1.54, 1.807) is 31.8 Å². The van der Waals surface area contributed by atoms with E-state index in [2.05, 4.69) is 27.1 Å². The minimum atomic E-state index is -1.13. The van der Waals surface area contributed by atoms with E-state index in [1.807, 2.05) is 23.1 Å². The summed E-state index contributed by atoms with van der Waals surface area (Å²) in [4.78, 5) is 10.7. The first kappa shape index (κ1) is 20.3. The molecule has 3 aromatic heterocycles. The minimum absolute atomic E-state index is 0.345. The average Bonchev–Trinajstić information content (AvgIpc) is 2.99. The molecule has 1 aromatic carbocycles. The Balaban J connectivity index is 1.77. The van der Waals surface area contributed by atoms with E-state index in [4.69, 9.17) is 9.72 Å². The number of aromatic nitrogens is 5. The number of aryl methyl sites for hydroxylation is 1. The minimum Gasteiger partial charge on any atom is -0.378 e. The SMILES string of the molecule is Cn1nnc2nc(N3CCOCc4c(C#CC(C)(C)O)cccc43)c3c(F)cncc3c21. The molecule has 0 bridgehead atoms. The lowest BCUT2D eigenvalue weighted by atomic mass is 10.0. The van der Waals surface area contributed by atoms with E-state index >= 15 is 4.39 Å². The van der Waals surface area contributed by atoms with E-state index in [0.717, 1.165) is 16.8 Å². The fraction of sp³-hybridized carbons (Fsp3) is 0.304. The van der Waals surface area contributed by atoms with Gasteiger partial charge in [0.2, 0.25) is 5.65 Å². The summed E-state index contributed by atoms with van der Waals surface area (Å²) >= 11 is 0. The third kappa shape index (κ3) is 3.43. The van der Waals surface area contributed by atoms with Gasteiger partial charge < -0.3 is 14.7 Å². The molecule has 162 valence electrons. The van der Waals surface area contributed by atoms with Crippen LogP contribution in [0.3, 0.4) is 0 Å². The van der Waals surface area contributed by atoms with Crippen LogP contribution in [0.5, 0.6) is 0 Å². The number of fused-ring (bicyclic) bond motifs is 4. The summed E-state index contributed by atoms with van der Waals surface area (Å²) in [7, 11) is 1.74. The first-order chi connectivity index (χ1) is 15.3. The number of anilines is 2. The van der Waals surface area contributed by atoms with Crippen molar-refractivity contribution in [1.82, 2.24) is 25.0 Å². The number of pyridine rings is 2. The lowest BCUT2D eigenvalue weighted by molar-refractivity contribution is 0.133. The molecule has 0 radical (unpaired) electrons. The molecule has 0 unspecified atom stereocenters. The molecular weight excluding hydrogens is 411 g/mol. The lowest BCUT2D eigenvalue weighted by Gasteiger charge is -2.25. The lowest BCUT2D eigenvalue weighted by Crippen LogP contribution is -2.22. The van der Waals surface area contributed by atoms with Gasteiger partial charge in [-0.3, -0.25) is 4.98 Å². The Hall–Kier alpha value is -3.61. The van der Waals surface area contributed by atoms with Gasteiger partial charge >= 0.3 is 0 Å². The molecule has 0 saturated heterocycles. The van der Waals surface area contributed by atoms with Crippen molar-refractivity contribution in [3.05, 3.63) is 47.5 Å². The van der Waals surface area contributed by atoms with Crippen LogP contribution in [0.25, 0.3) is 21.9 Å². The Morgan fingerprint density at radius 3 is 2.91 bits per heavy atom. The predicted octanol–water partition coefficient (Wildman–Crippen LogP) is 2.84. The fourth-order valence-corrected chi connectivity index (χ4v) is 3.90. The molecule has 4 aromatic rings. The van der Waals surface area contributed by atoms with Crippen LogP contribution < -0.4 is 4.90 Å². The molecule has 0 aliphatic carbocycles. The van der Waals surface area contributed by atoms with Crippen molar-refractivity contribution in [3.8, 4) is 11.8 Å². The van der Waals surface area contributed by atoms with E-state index in [-0.39, 0.29) is 0 Å². The molecule has 1 aliphatic heterocycles. The molecule has 0 fully saturated rings. The third-order valence-corrected chi connectivity index (χ3v) is 5.31. The maximum absolute atomic E-state index is 15.1. The van der Waals surface area contributed by atoms with Gasteiger partial charge in [-0.15, -0.1) is 5.10 Å². The number of benzene rings is 1. The first-order valence-electron chi connectivity index (χ1n) is 10.2. The number of nitrogens with zero attached hydrogens (tertiary/aromatic N) is 6. The highest BCUT2D eigenvalue weighted by molar-refractivity contribution is 6.08. The van der Waals surface area contributed by atoms with Crippen molar-refractivity contribution in [2.45, 2.75) is 26.1 Å². The number of hydrogen-bond donors (Lipinski definition) is 1. The van der Waals surface area contributed by atoms with Crippen molar-refractivity contribution in [2.75, 3.05) is 18.1 Å². The number of halogens is 1. The van der Waals surface area contributed by atoms with Crippen LogP contribution in [0.2, 0.25) is 0 Å². The van der Waals surface area contributed by atoms with Crippen LogP contribution >= 0.6 is 0 Å². The second kappa shape index (κ2) is 7.51.